The second-order valence-corrected chi connectivity index (χ2v) is 10.6. The monoisotopic (exact) mass is 511 g/mol. The number of furan rings is 1. The van der Waals surface area contributed by atoms with E-state index in [0.717, 1.165) is 11.8 Å². The van der Waals surface area contributed by atoms with Gasteiger partial charge in [-0.05, 0) is 42.8 Å². The fourth-order valence-electron chi connectivity index (χ4n) is 3.41. The highest BCUT2D eigenvalue weighted by molar-refractivity contribution is 8.14. The van der Waals surface area contributed by atoms with Gasteiger partial charge in [0.1, 0.15) is 17.2 Å². The molecule has 0 bridgehead atoms. The molecule has 1 aromatic heterocycles. The van der Waals surface area contributed by atoms with Crippen LogP contribution in [0.25, 0.3) is 6.08 Å². The van der Waals surface area contributed by atoms with Gasteiger partial charge in [-0.15, -0.1) is 0 Å². The van der Waals surface area contributed by atoms with E-state index in [-0.39, 0.29) is 33.9 Å². The molecule has 13 heteroatoms. The standard InChI is InChI=1S/C21H19F2N3O6S2/c22-20(23)32-15-5-3-14(4-6-15)26-19(28)17(10-16-2-1-8-31-16)25-21(26)33-11-18(27)24-13-7-9-34(29,30)12-13/h1-6,8,10,13,20H,7,9,11-12H2,(H,24,27)/b17-10+/t13-/m0/s1. The molecule has 1 N–H and O–H groups in total. The number of rotatable bonds is 7. The molecule has 0 aliphatic carbocycles. The summed E-state index contributed by atoms with van der Waals surface area (Å²) in [6, 6.07) is 8.27. The lowest BCUT2D eigenvalue weighted by Crippen LogP contribution is -2.37. The number of aliphatic imine (C=N–C) groups is 1. The van der Waals surface area contributed by atoms with Crippen molar-refractivity contribution in [2.24, 2.45) is 4.99 Å². The van der Waals surface area contributed by atoms with Gasteiger partial charge in [0.25, 0.3) is 5.91 Å². The molecule has 9 nitrogen and oxygen atoms in total. The van der Waals surface area contributed by atoms with Crippen molar-refractivity contribution >= 4 is 50.3 Å². The smallest absolute Gasteiger partial charge is 0.387 e. The third kappa shape index (κ3) is 5.83. The number of thioether (sulfide) groups is 1. The summed E-state index contributed by atoms with van der Waals surface area (Å²) >= 11 is 0.984. The minimum Gasteiger partial charge on any atom is -0.465 e. The molecule has 180 valence electrons. The molecule has 4 rings (SSSR count). The number of anilines is 1. The molecular weight excluding hydrogens is 492 g/mol. The van der Waals surface area contributed by atoms with Crippen LogP contribution in [0.1, 0.15) is 12.2 Å². The minimum absolute atomic E-state index is 0.0340. The van der Waals surface area contributed by atoms with E-state index in [9.17, 15) is 26.8 Å². The Morgan fingerprint density at radius 1 is 1.32 bits per heavy atom. The first kappa shape index (κ1) is 24.0. The number of nitrogens with zero attached hydrogens (tertiary/aromatic N) is 2. The summed E-state index contributed by atoms with van der Waals surface area (Å²) in [6.45, 7) is -2.98. The van der Waals surface area contributed by atoms with Gasteiger partial charge in [-0.2, -0.15) is 8.78 Å². The van der Waals surface area contributed by atoms with Crippen LogP contribution in [0.15, 0.2) is 57.8 Å². The van der Waals surface area contributed by atoms with E-state index < -0.39 is 34.3 Å². The van der Waals surface area contributed by atoms with Crippen molar-refractivity contribution in [2.45, 2.75) is 19.1 Å². The Bertz CT molecular complexity index is 1230. The molecule has 2 aliphatic rings. The van der Waals surface area contributed by atoms with Crippen molar-refractivity contribution in [3.63, 3.8) is 0 Å². The van der Waals surface area contributed by atoms with Crippen LogP contribution in [0, 0.1) is 0 Å². The normalized spacial score (nSPS) is 20.7. The molecule has 1 fully saturated rings. The minimum atomic E-state index is -3.14. The number of alkyl halides is 2. The second kappa shape index (κ2) is 9.97. The summed E-state index contributed by atoms with van der Waals surface area (Å²) < 4.78 is 57.7. The molecule has 34 heavy (non-hydrogen) atoms. The van der Waals surface area contributed by atoms with Crippen LogP contribution in [0.5, 0.6) is 5.75 Å². The third-order valence-corrected chi connectivity index (χ3v) is 7.61. The maximum Gasteiger partial charge on any atom is 0.387 e. The molecule has 1 aromatic carbocycles. The number of ether oxygens (including phenoxy) is 1. The topological polar surface area (TPSA) is 118 Å². The number of nitrogens with one attached hydrogen (secondary N) is 1. The number of benzene rings is 1. The van der Waals surface area contributed by atoms with Crippen molar-refractivity contribution in [1.82, 2.24) is 5.32 Å². The number of amides is 2. The Balaban J connectivity index is 1.51. The van der Waals surface area contributed by atoms with Gasteiger partial charge in [-0.25, -0.2) is 13.4 Å². The highest BCUT2D eigenvalue weighted by Gasteiger charge is 2.33. The molecule has 1 atom stereocenters. The zero-order valence-electron chi connectivity index (χ0n) is 17.5. The lowest BCUT2D eigenvalue weighted by Gasteiger charge is -2.18. The zero-order valence-corrected chi connectivity index (χ0v) is 19.2. The number of carbonyl (C=O) groups is 2. The maximum absolute atomic E-state index is 13.1. The van der Waals surface area contributed by atoms with Crippen molar-refractivity contribution in [3.05, 3.63) is 54.1 Å². The predicted octanol–water partition coefficient (Wildman–Crippen LogP) is 2.66. The molecule has 2 aromatic rings. The lowest BCUT2D eigenvalue weighted by molar-refractivity contribution is -0.119. The van der Waals surface area contributed by atoms with Crippen LogP contribution in [0.3, 0.4) is 0 Å². The number of hydrogen-bond acceptors (Lipinski definition) is 8. The first-order valence-electron chi connectivity index (χ1n) is 10.1. The van der Waals surface area contributed by atoms with Gasteiger partial charge in [0.15, 0.2) is 15.0 Å². The fourth-order valence-corrected chi connectivity index (χ4v) is 5.91. The lowest BCUT2D eigenvalue weighted by atomic mass is 10.2. The second-order valence-electron chi connectivity index (χ2n) is 7.41. The Kier molecular flexibility index (Phi) is 7.03. The van der Waals surface area contributed by atoms with Crippen LogP contribution in [-0.2, 0) is 19.4 Å². The van der Waals surface area contributed by atoms with E-state index in [4.69, 9.17) is 4.42 Å². The van der Waals surface area contributed by atoms with Crippen LogP contribution in [0.4, 0.5) is 14.5 Å². The summed E-state index contributed by atoms with van der Waals surface area (Å²) in [4.78, 5) is 31.0. The molecular formula is C21H19F2N3O6S2. The first-order valence-corrected chi connectivity index (χ1v) is 12.9. The summed E-state index contributed by atoms with van der Waals surface area (Å²) in [5.74, 6) is -0.743. The highest BCUT2D eigenvalue weighted by atomic mass is 32.2. The molecule has 2 amide bonds. The number of sulfone groups is 1. The summed E-state index contributed by atoms with van der Waals surface area (Å²) in [5, 5.41) is 2.88. The maximum atomic E-state index is 13.1. The summed E-state index contributed by atoms with van der Waals surface area (Å²) in [6.07, 6.45) is 3.24. The van der Waals surface area contributed by atoms with E-state index in [0.29, 0.717) is 17.9 Å². The average molecular weight is 512 g/mol. The van der Waals surface area contributed by atoms with E-state index in [1.165, 1.54) is 41.5 Å². The van der Waals surface area contributed by atoms with Crippen LogP contribution >= 0.6 is 11.8 Å². The fraction of sp³-hybridized carbons (Fsp3) is 0.286. The summed E-state index contributed by atoms with van der Waals surface area (Å²) in [5.41, 5.74) is 0.399. The van der Waals surface area contributed by atoms with Crippen LogP contribution in [0.2, 0.25) is 0 Å². The third-order valence-electron chi connectivity index (χ3n) is 4.90. The Morgan fingerprint density at radius 3 is 2.71 bits per heavy atom. The van der Waals surface area contributed by atoms with Crippen molar-refractivity contribution in [3.8, 4) is 5.75 Å². The molecule has 2 aliphatic heterocycles. The molecule has 3 heterocycles. The highest BCUT2D eigenvalue weighted by Crippen LogP contribution is 2.31. The molecule has 0 radical (unpaired) electrons. The average Bonchev–Trinajstić information content (AvgIpc) is 3.47. The number of halogens is 2. The van der Waals surface area contributed by atoms with Gasteiger partial charge in [0.05, 0.1) is 29.2 Å². The quantitative estimate of drug-likeness (QED) is 0.568. The Hall–Kier alpha value is -3.19. The van der Waals surface area contributed by atoms with Crippen molar-refractivity contribution in [2.75, 3.05) is 22.2 Å². The number of carbonyl (C=O) groups excluding carboxylic acids is 2. The van der Waals surface area contributed by atoms with Gasteiger partial charge < -0.3 is 14.5 Å². The number of amidine groups is 1. The predicted molar refractivity (Wildman–Crippen MR) is 122 cm³/mol. The first-order chi connectivity index (χ1) is 16.2. The zero-order chi connectivity index (χ0) is 24.3. The SMILES string of the molecule is O=C(CSC1=N/C(=C/c2ccco2)C(=O)N1c1ccc(OC(F)F)cc1)N[C@H]1CCS(=O)(=O)C1. The number of hydrogen-bond donors (Lipinski definition) is 1. The summed E-state index contributed by atoms with van der Waals surface area (Å²) in [7, 11) is -3.14. The van der Waals surface area contributed by atoms with Gasteiger partial charge in [0.2, 0.25) is 5.91 Å². The Labute approximate surface area is 197 Å². The van der Waals surface area contributed by atoms with Crippen LogP contribution in [-0.4, -0.2) is 55.3 Å². The van der Waals surface area contributed by atoms with Gasteiger partial charge in [0, 0.05) is 12.1 Å². The van der Waals surface area contributed by atoms with E-state index in [1.807, 2.05) is 0 Å². The van der Waals surface area contributed by atoms with E-state index >= 15 is 0 Å². The molecule has 1 saturated heterocycles. The van der Waals surface area contributed by atoms with Crippen LogP contribution < -0.4 is 15.0 Å². The Morgan fingerprint density at radius 2 is 2.09 bits per heavy atom. The van der Waals surface area contributed by atoms with Crippen molar-refractivity contribution in [1.29, 1.82) is 0 Å². The van der Waals surface area contributed by atoms with E-state index in [1.54, 1.807) is 12.1 Å². The van der Waals surface area contributed by atoms with Crippen molar-refractivity contribution < 1.29 is 35.9 Å². The largest absolute Gasteiger partial charge is 0.465 e. The molecule has 0 saturated carbocycles. The van der Waals surface area contributed by atoms with Gasteiger partial charge in [-0.1, -0.05) is 11.8 Å². The van der Waals surface area contributed by atoms with Gasteiger partial charge in [-0.3, -0.25) is 14.5 Å². The molecule has 0 spiro atoms. The molecule has 0 unspecified atom stereocenters. The van der Waals surface area contributed by atoms with Gasteiger partial charge >= 0.3 is 6.61 Å². The van der Waals surface area contributed by atoms with E-state index in [2.05, 4.69) is 15.0 Å².